The Labute approximate surface area is 88.5 Å². The number of hydrogen-bond donors (Lipinski definition) is 0. The fourth-order valence-electron chi connectivity index (χ4n) is 0.963. The first kappa shape index (κ1) is 10.5. The van der Waals surface area contributed by atoms with Gasteiger partial charge in [0.15, 0.2) is 16.7 Å². The second-order valence-corrected chi connectivity index (χ2v) is 5.27. The van der Waals surface area contributed by atoms with Crippen molar-refractivity contribution >= 4 is 22.2 Å². The number of fused-ring (bicyclic) bond motifs is 1. The van der Waals surface area contributed by atoms with Gasteiger partial charge in [-0.15, -0.1) is 0 Å². The molecule has 1 aliphatic heterocycles. The standard InChI is InChI=1S/C7H4F2O4S2/c8-4-1-2-5(9)7-6(4)12-14-3-15(10,11)13-7/h1-2H,3H2. The maximum absolute atomic E-state index is 13.1. The molecule has 0 saturated carbocycles. The van der Waals surface area contributed by atoms with Gasteiger partial charge in [0.05, 0.1) is 12.0 Å². The lowest BCUT2D eigenvalue weighted by atomic mass is 10.3. The van der Waals surface area contributed by atoms with Gasteiger partial charge in [0.2, 0.25) is 11.5 Å². The molecule has 2 rings (SSSR count). The molecule has 0 unspecified atom stereocenters. The Kier molecular flexibility index (Phi) is 2.47. The fraction of sp³-hybridized carbons (Fsp3) is 0.143. The van der Waals surface area contributed by atoms with Crippen LogP contribution in [0.4, 0.5) is 8.78 Å². The van der Waals surface area contributed by atoms with E-state index in [0.29, 0.717) is 12.0 Å². The lowest BCUT2D eigenvalue weighted by Gasteiger charge is -2.05. The number of benzene rings is 1. The first-order valence-electron chi connectivity index (χ1n) is 3.69. The normalized spacial score (nSPS) is 18.3. The summed E-state index contributed by atoms with van der Waals surface area (Å²) in [5, 5.41) is -0.527. The molecule has 0 N–H and O–H groups in total. The van der Waals surface area contributed by atoms with Crippen LogP contribution in [0, 0.1) is 11.6 Å². The van der Waals surface area contributed by atoms with Crippen LogP contribution in [0.25, 0.3) is 0 Å². The van der Waals surface area contributed by atoms with Crippen LogP contribution in [-0.2, 0) is 10.1 Å². The van der Waals surface area contributed by atoms with Crippen molar-refractivity contribution in [1.29, 1.82) is 0 Å². The molecule has 0 aromatic heterocycles. The van der Waals surface area contributed by atoms with Gasteiger partial charge < -0.3 is 8.37 Å². The van der Waals surface area contributed by atoms with Crippen LogP contribution >= 0.6 is 12.0 Å². The first-order chi connectivity index (χ1) is 6.99. The highest BCUT2D eigenvalue weighted by Gasteiger charge is 2.27. The Morgan fingerprint density at radius 2 is 1.80 bits per heavy atom. The van der Waals surface area contributed by atoms with E-state index in [4.69, 9.17) is 4.18 Å². The van der Waals surface area contributed by atoms with Crippen molar-refractivity contribution in [2.24, 2.45) is 0 Å². The van der Waals surface area contributed by atoms with E-state index in [1.807, 2.05) is 0 Å². The Balaban J connectivity index is 2.61. The monoisotopic (exact) mass is 254 g/mol. The van der Waals surface area contributed by atoms with Crippen LogP contribution in [-0.4, -0.2) is 13.5 Å². The van der Waals surface area contributed by atoms with Gasteiger partial charge in [-0.05, 0) is 12.1 Å². The molecule has 1 aromatic carbocycles. The van der Waals surface area contributed by atoms with Crippen LogP contribution < -0.4 is 8.37 Å². The molecule has 0 radical (unpaired) electrons. The van der Waals surface area contributed by atoms with Gasteiger partial charge in [-0.2, -0.15) is 8.42 Å². The number of hydrogen-bond acceptors (Lipinski definition) is 5. The smallest absolute Gasteiger partial charge is 0.322 e. The van der Waals surface area contributed by atoms with Crippen molar-refractivity contribution in [3.8, 4) is 11.5 Å². The molecule has 0 bridgehead atoms. The van der Waals surface area contributed by atoms with Crippen molar-refractivity contribution in [1.82, 2.24) is 0 Å². The Morgan fingerprint density at radius 1 is 1.20 bits per heavy atom. The van der Waals surface area contributed by atoms with E-state index in [9.17, 15) is 17.2 Å². The topological polar surface area (TPSA) is 52.6 Å². The maximum Gasteiger partial charge on any atom is 0.322 e. The summed E-state index contributed by atoms with van der Waals surface area (Å²) in [5.74, 6) is -3.14. The summed E-state index contributed by atoms with van der Waals surface area (Å²) in [6.07, 6.45) is 0. The van der Waals surface area contributed by atoms with Crippen molar-refractivity contribution in [2.45, 2.75) is 0 Å². The van der Waals surface area contributed by atoms with Crippen LogP contribution in [0.2, 0.25) is 0 Å². The highest BCUT2D eigenvalue weighted by molar-refractivity contribution is 8.08. The Bertz CT molecular complexity index is 500. The fourth-order valence-corrected chi connectivity index (χ4v) is 2.50. The lowest BCUT2D eigenvalue weighted by molar-refractivity contribution is 0.443. The minimum absolute atomic E-state index is 0.469. The third kappa shape index (κ3) is 2.00. The van der Waals surface area contributed by atoms with E-state index in [1.165, 1.54) is 0 Å². The van der Waals surface area contributed by atoms with Crippen molar-refractivity contribution in [3.05, 3.63) is 23.8 Å². The van der Waals surface area contributed by atoms with E-state index in [0.717, 1.165) is 12.1 Å². The van der Waals surface area contributed by atoms with Crippen LogP contribution in [0.1, 0.15) is 0 Å². The average molecular weight is 254 g/mol. The first-order valence-corrected chi connectivity index (χ1v) is 6.18. The van der Waals surface area contributed by atoms with Gasteiger partial charge in [0.25, 0.3) is 0 Å². The summed E-state index contributed by atoms with van der Waals surface area (Å²) in [7, 11) is -3.94. The maximum atomic E-state index is 13.1. The molecule has 0 atom stereocenters. The number of halogens is 2. The van der Waals surface area contributed by atoms with Gasteiger partial charge in [-0.25, -0.2) is 8.78 Å². The van der Waals surface area contributed by atoms with Crippen molar-refractivity contribution in [3.63, 3.8) is 0 Å². The van der Waals surface area contributed by atoms with Gasteiger partial charge >= 0.3 is 10.1 Å². The molecule has 1 aromatic rings. The van der Waals surface area contributed by atoms with E-state index >= 15 is 0 Å². The molecule has 1 heterocycles. The molecule has 15 heavy (non-hydrogen) atoms. The zero-order valence-corrected chi connectivity index (χ0v) is 8.70. The highest BCUT2D eigenvalue weighted by atomic mass is 32.3. The molecule has 1 aliphatic rings. The van der Waals surface area contributed by atoms with Gasteiger partial charge in [0, 0.05) is 0 Å². The Morgan fingerprint density at radius 3 is 2.47 bits per heavy atom. The average Bonchev–Trinajstić information content (AvgIpc) is 2.31. The summed E-state index contributed by atoms with van der Waals surface area (Å²) in [6.45, 7) is 0. The van der Waals surface area contributed by atoms with Gasteiger partial charge in [0.1, 0.15) is 0 Å². The molecule has 0 spiro atoms. The predicted octanol–water partition coefficient (Wildman–Crippen LogP) is 1.67. The van der Waals surface area contributed by atoms with Crippen molar-refractivity contribution < 1.29 is 25.6 Å². The highest BCUT2D eigenvalue weighted by Crippen LogP contribution is 2.38. The van der Waals surface area contributed by atoms with E-state index in [1.54, 1.807) is 0 Å². The lowest BCUT2D eigenvalue weighted by Crippen LogP contribution is -2.10. The zero-order valence-electron chi connectivity index (χ0n) is 7.07. The molecule has 0 fully saturated rings. The third-order valence-electron chi connectivity index (χ3n) is 1.56. The second kappa shape index (κ2) is 3.53. The molecular formula is C7H4F2O4S2. The molecule has 0 amide bonds. The van der Waals surface area contributed by atoms with Crippen LogP contribution in [0.3, 0.4) is 0 Å². The van der Waals surface area contributed by atoms with E-state index in [2.05, 4.69) is 4.18 Å². The van der Waals surface area contributed by atoms with Gasteiger partial charge in [-0.3, -0.25) is 0 Å². The summed E-state index contributed by atoms with van der Waals surface area (Å²) in [5.41, 5.74) is 0. The Hall–Kier alpha value is -1.02. The SMILES string of the molecule is O=S1(=O)CSOc2c(F)ccc(F)c2O1. The second-order valence-electron chi connectivity index (χ2n) is 2.65. The molecule has 4 nitrogen and oxygen atoms in total. The minimum Gasteiger partial charge on any atom is -0.417 e. The summed E-state index contributed by atoms with van der Waals surface area (Å²) >= 11 is 0.469. The summed E-state index contributed by atoms with van der Waals surface area (Å²) < 4.78 is 57.5. The minimum atomic E-state index is -3.94. The van der Waals surface area contributed by atoms with E-state index < -0.39 is 38.3 Å². The van der Waals surface area contributed by atoms with E-state index in [-0.39, 0.29) is 0 Å². The largest absolute Gasteiger partial charge is 0.417 e. The molecule has 82 valence electrons. The number of rotatable bonds is 0. The van der Waals surface area contributed by atoms with Crippen LogP contribution in [0.5, 0.6) is 11.5 Å². The predicted molar refractivity (Wildman–Crippen MR) is 49.0 cm³/mol. The molecular weight excluding hydrogens is 250 g/mol. The van der Waals surface area contributed by atoms with Crippen molar-refractivity contribution in [2.75, 3.05) is 5.08 Å². The quantitative estimate of drug-likeness (QED) is 0.520. The third-order valence-corrected chi connectivity index (χ3v) is 3.81. The van der Waals surface area contributed by atoms with Gasteiger partial charge in [-0.1, -0.05) is 0 Å². The molecule has 0 aliphatic carbocycles. The zero-order chi connectivity index (χ0) is 11.1. The molecule has 0 saturated heterocycles. The summed E-state index contributed by atoms with van der Waals surface area (Å²) in [6, 6.07) is 1.60. The van der Waals surface area contributed by atoms with Crippen LogP contribution in [0.15, 0.2) is 12.1 Å². The summed E-state index contributed by atoms with van der Waals surface area (Å²) in [4.78, 5) is 0. The molecule has 8 heteroatoms.